The predicted molar refractivity (Wildman–Crippen MR) is 57.2 cm³/mol. The molecule has 0 spiro atoms. The van der Waals surface area contributed by atoms with Gasteiger partial charge in [-0.25, -0.2) is 0 Å². The minimum atomic E-state index is -0.307. The normalized spacial score (nSPS) is 14.4. The van der Waals surface area contributed by atoms with Gasteiger partial charge in [-0.3, -0.25) is 9.59 Å². The van der Waals surface area contributed by atoms with E-state index in [0.717, 1.165) is 0 Å². The van der Waals surface area contributed by atoms with E-state index in [-0.39, 0.29) is 22.4 Å². The monoisotopic (exact) mass is 219 g/mol. The zero-order valence-corrected chi connectivity index (χ0v) is 10.1. The minimum Gasteiger partial charge on any atom is -0.468 e. The third-order valence-electron chi connectivity index (χ3n) is 1.73. The predicted octanol–water partition coefficient (Wildman–Crippen LogP) is 0.758. The van der Waals surface area contributed by atoms with Gasteiger partial charge in [0.15, 0.2) is 0 Å². The number of thioether (sulfide) groups is 1. The van der Waals surface area contributed by atoms with Crippen molar-refractivity contribution in [1.82, 2.24) is 4.90 Å². The molecule has 2 atom stereocenters. The summed E-state index contributed by atoms with van der Waals surface area (Å²) in [5.74, 6) is -0.292. The molecule has 0 rings (SSSR count). The summed E-state index contributed by atoms with van der Waals surface area (Å²) in [5, 5.41) is -0.530. The third-order valence-corrected chi connectivity index (χ3v) is 2.94. The van der Waals surface area contributed by atoms with E-state index < -0.39 is 0 Å². The lowest BCUT2D eigenvalue weighted by atomic mass is 10.4. The number of carbonyl (C=O) groups is 2. The van der Waals surface area contributed by atoms with E-state index in [9.17, 15) is 9.59 Å². The molecule has 5 heteroatoms. The van der Waals surface area contributed by atoms with Crippen LogP contribution in [0.2, 0.25) is 0 Å². The van der Waals surface area contributed by atoms with Gasteiger partial charge in [-0.05, 0) is 13.8 Å². The summed E-state index contributed by atoms with van der Waals surface area (Å²) in [6, 6.07) is 0. The molecule has 2 unspecified atom stereocenters. The summed E-state index contributed by atoms with van der Waals surface area (Å²) in [6.07, 6.45) is 0. The zero-order valence-electron chi connectivity index (χ0n) is 9.23. The Balaban J connectivity index is 4.12. The molecule has 0 aromatic rings. The van der Waals surface area contributed by atoms with E-state index >= 15 is 0 Å². The second-order valence-electron chi connectivity index (χ2n) is 3.18. The van der Waals surface area contributed by atoms with Gasteiger partial charge in [0.05, 0.1) is 12.4 Å². The minimum absolute atomic E-state index is 0.00533. The van der Waals surface area contributed by atoms with Crippen LogP contribution in [-0.2, 0) is 14.3 Å². The maximum Gasteiger partial charge on any atom is 0.318 e. The van der Waals surface area contributed by atoms with Crippen LogP contribution in [0.25, 0.3) is 0 Å². The molecule has 1 amide bonds. The highest BCUT2D eigenvalue weighted by Crippen LogP contribution is 2.19. The summed E-state index contributed by atoms with van der Waals surface area (Å²) in [7, 11) is 4.74. The Morgan fingerprint density at radius 2 is 1.71 bits per heavy atom. The van der Waals surface area contributed by atoms with Crippen molar-refractivity contribution >= 4 is 23.6 Å². The number of hydrogen-bond donors (Lipinski definition) is 0. The average Bonchev–Trinajstić information content (AvgIpc) is 2.14. The van der Waals surface area contributed by atoms with Crippen molar-refractivity contribution in [3.63, 3.8) is 0 Å². The van der Waals surface area contributed by atoms with Crippen LogP contribution in [0.4, 0.5) is 0 Å². The van der Waals surface area contributed by atoms with Crippen molar-refractivity contribution in [1.29, 1.82) is 0 Å². The quantitative estimate of drug-likeness (QED) is 0.655. The molecule has 0 aromatic carbocycles. The number of nitrogens with zero attached hydrogens (tertiary/aromatic N) is 1. The topological polar surface area (TPSA) is 46.6 Å². The molecule has 14 heavy (non-hydrogen) atoms. The Labute approximate surface area is 89.0 Å². The third kappa shape index (κ3) is 4.00. The van der Waals surface area contributed by atoms with Gasteiger partial charge in [0, 0.05) is 14.1 Å². The first-order chi connectivity index (χ1) is 6.40. The van der Waals surface area contributed by atoms with Gasteiger partial charge in [0.2, 0.25) is 5.91 Å². The number of hydrogen-bond acceptors (Lipinski definition) is 4. The molecule has 0 heterocycles. The molecule has 0 N–H and O–H groups in total. The molecule has 0 bridgehead atoms. The van der Waals surface area contributed by atoms with Gasteiger partial charge >= 0.3 is 5.97 Å². The highest BCUT2D eigenvalue weighted by Gasteiger charge is 2.22. The fourth-order valence-electron chi connectivity index (χ4n) is 0.950. The second-order valence-corrected chi connectivity index (χ2v) is 4.86. The summed E-state index contributed by atoms with van der Waals surface area (Å²) < 4.78 is 4.57. The lowest BCUT2D eigenvalue weighted by molar-refractivity contribution is -0.139. The van der Waals surface area contributed by atoms with Crippen molar-refractivity contribution < 1.29 is 14.3 Å². The van der Waals surface area contributed by atoms with Gasteiger partial charge in [-0.1, -0.05) is 0 Å². The first-order valence-corrected chi connectivity index (χ1v) is 5.28. The molecule has 0 aliphatic rings. The number of carbonyl (C=O) groups excluding carboxylic acids is 2. The van der Waals surface area contributed by atoms with Gasteiger partial charge in [0.1, 0.15) is 5.25 Å². The molecule has 0 fully saturated rings. The first-order valence-electron chi connectivity index (χ1n) is 4.34. The maximum absolute atomic E-state index is 11.4. The van der Waals surface area contributed by atoms with Crippen molar-refractivity contribution in [2.24, 2.45) is 0 Å². The molecular weight excluding hydrogens is 202 g/mol. The average molecular weight is 219 g/mol. The van der Waals surface area contributed by atoms with Crippen LogP contribution in [0.3, 0.4) is 0 Å². The highest BCUT2D eigenvalue weighted by atomic mass is 32.2. The fraction of sp³-hybridized carbons (Fsp3) is 0.778. The van der Waals surface area contributed by atoms with Gasteiger partial charge in [0.25, 0.3) is 0 Å². The van der Waals surface area contributed by atoms with Crippen LogP contribution in [-0.4, -0.2) is 48.5 Å². The van der Waals surface area contributed by atoms with E-state index in [1.807, 2.05) is 0 Å². The number of rotatable bonds is 4. The van der Waals surface area contributed by atoms with E-state index in [1.165, 1.54) is 23.8 Å². The van der Waals surface area contributed by atoms with Gasteiger partial charge in [-0.2, -0.15) is 0 Å². The smallest absolute Gasteiger partial charge is 0.318 e. The van der Waals surface area contributed by atoms with Crippen molar-refractivity contribution in [3.8, 4) is 0 Å². The number of esters is 1. The molecule has 0 aliphatic carbocycles. The second kappa shape index (κ2) is 5.90. The lowest BCUT2D eigenvalue weighted by Crippen LogP contribution is -2.32. The Bertz CT molecular complexity index is 218. The van der Waals surface area contributed by atoms with Crippen molar-refractivity contribution in [3.05, 3.63) is 0 Å². The fourth-order valence-corrected chi connectivity index (χ4v) is 2.10. The summed E-state index contributed by atoms with van der Waals surface area (Å²) in [6.45, 7) is 3.52. The number of amides is 1. The molecule has 82 valence electrons. The standard InChI is InChI=1S/C9H17NO3S/c1-6(8(11)10(3)4)14-7(2)9(12)13-5/h6-7H,1-5H3. The van der Waals surface area contributed by atoms with E-state index in [2.05, 4.69) is 4.74 Å². The molecule has 0 aromatic heterocycles. The zero-order chi connectivity index (χ0) is 11.3. The van der Waals surface area contributed by atoms with Crippen LogP contribution in [0.15, 0.2) is 0 Å². The Morgan fingerprint density at radius 1 is 1.21 bits per heavy atom. The van der Waals surface area contributed by atoms with E-state index in [0.29, 0.717) is 0 Å². The van der Waals surface area contributed by atoms with Crippen LogP contribution >= 0.6 is 11.8 Å². The van der Waals surface area contributed by atoms with Gasteiger partial charge in [-0.15, -0.1) is 11.8 Å². The Kier molecular flexibility index (Phi) is 5.60. The van der Waals surface area contributed by atoms with Gasteiger partial charge < -0.3 is 9.64 Å². The SMILES string of the molecule is COC(=O)C(C)SC(C)C(=O)N(C)C. The van der Waals surface area contributed by atoms with Crippen molar-refractivity contribution in [2.75, 3.05) is 21.2 Å². The van der Waals surface area contributed by atoms with Crippen LogP contribution in [0, 0.1) is 0 Å². The molecule has 0 aliphatic heterocycles. The number of ether oxygens (including phenoxy) is 1. The highest BCUT2D eigenvalue weighted by molar-refractivity contribution is 8.01. The van der Waals surface area contributed by atoms with E-state index in [1.54, 1.807) is 27.9 Å². The summed E-state index contributed by atoms with van der Waals surface area (Å²) in [5.41, 5.74) is 0. The first kappa shape index (κ1) is 13.3. The largest absolute Gasteiger partial charge is 0.468 e. The summed E-state index contributed by atoms with van der Waals surface area (Å²) >= 11 is 1.30. The molecule has 4 nitrogen and oxygen atoms in total. The maximum atomic E-state index is 11.4. The molecular formula is C9H17NO3S. The molecule has 0 saturated carbocycles. The van der Waals surface area contributed by atoms with Crippen LogP contribution in [0.5, 0.6) is 0 Å². The van der Waals surface area contributed by atoms with Crippen LogP contribution < -0.4 is 0 Å². The molecule has 0 saturated heterocycles. The molecule has 0 radical (unpaired) electrons. The summed E-state index contributed by atoms with van der Waals surface area (Å²) in [4.78, 5) is 24.0. The van der Waals surface area contributed by atoms with Crippen molar-refractivity contribution in [2.45, 2.75) is 24.3 Å². The number of methoxy groups -OCH3 is 1. The van der Waals surface area contributed by atoms with E-state index in [4.69, 9.17) is 0 Å². The lowest BCUT2D eigenvalue weighted by Gasteiger charge is -2.18. The Morgan fingerprint density at radius 3 is 2.07 bits per heavy atom. The Hall–Kier alpha value is -0.710. The van der Waals surface area contributed by atoms with Crippen LogP contribution in [0.1, 0.15) is 13.8 Å².